The van der Waals surface area contributed by atoms with Gasteiger partial charge < -0.3 is 15.2 Å². The van der Waals surface area contributed by atoms with E-state index >= 15 is 0 Å². The van der Waals surface area contributed by atoms with Gasteiger partial charge in [0.25, 0.3) is 5.91 Å². The molecule has 8 nitrogen and oxygen atoms in total. The molecule has 0 bridgehead atoms. The standard InChI is InChI=1S/C20H20Cl2N2O6S/c1-12-16(22)3-2-4-17(12)23-19(26)11-30-20(27)18-9-14(25)10-24(18)31(28,29)15-7-5-13(21)6-8-15/h2-8,14,18,25H,9-11H2,1H3,(H,23,26)/t14-,18-/m1/s1. The summed E-state index contributed by atoms with van der Waals surface area (Å²) in [6, 6.07) is 9.18. The van der Waals surface area contributed by atoms with Crippen molar-refractivity contribution >= 4 is 50.8 Å². The van der Waals surface area contributed by atoms with Crippen LogP contribution in [0.25, 0.3) is 0 Å². The number of nitrogens with zero attached hydrogens (tertiary/aromatic N) is 1. The van der Waals surface area contributed by atoms with E-state index in [4.69, 9.17) is 27.9 Å². The summed E-state index contributed by atoms with van der Waals surface area (Å²) in [6.07, 6.45) is -1.18. The number of halogens is 2. The van der Waals surface area contributed by atoms with Crippen LogP contribution in [0.5, 0.6) is 0 Å². The lowest BCUT2D eigenvalue weighted by atomic mass is 10.2. The van der Waals surface area contributed by atoms with Crippen molar-refractivity contribution in [2.24, 2.45) is 0 Å². The number of nitrogens with one attached hydrogen (secondary N) is 1. The van der Waals surface area contributed by atoms with Crippen LogP contribution >= 0.6 is 23.2 Å². The van der Waals surface area contributed by atoms with Crippen molar-refractivity contribution in [3.63, 3.8) is 0 Å². The van der Waals surface area contributed by atoms with Gasteiger partial charge in [0.2, 0.25) is 10.0 Å². The van der Waals surface area contributed by atoms with Gasteiger partial charge >= 0.3 is 5.97 Å². The summed E-state index contributed by atoms with van der Waals surface area (Å²) in [5, 5.41) is 13.4. The van der Waals surface area contributed by atoms with Crippen LogP contribution in [0.3, 0.4) is 0 Å². The summed E-state index contributed by atoms with van der Waals surface area (Å²) in [4.78, 5) is 24.6. The zero-order valence-electron chi connectivity index (χ0n) is 16.4. The van der Waals surface area contributed by atoms with Crippen molar-refractivity contribution in [1.82, 2.24) is 4.31 Å². The van der Waals surface area contributed by atoms with E-state index in [9.17, 15) is 23.1 Å². The maximum Gasteiger partial charge on any atom is 0.325 e. The first-order valence-corrected chi connectivity index (χ1v) is 11.5. The molecule has 0 saturated carbocycles. The lowest BCUT2D eigenvalue weighted by Crippen LogP contribution is -2.42. The van der Waals surface area contributed by atoms with Gasteiger partial charge in [-0.15, -0.1) is 0 Å². The Bertz CT molecular complexity index is 1090. The molecule has 2 atom stereocenters. The van der Waals surface area contributed by atoms with Gasteiger partial charge in [0.05, 0.1) is 11.0 Å². The highest BCUT2D eigenvalue weighted by molar-refractivity contribution is 7.89. The highest BCUT2D eigenvalue weighted by Crippen LogP contribution is 2.28. The molecule has 0 spiro atoms. The third-order valence-electron chi connectivity index (χ3n) is 4.81. The third kappa shape index (κ3) is 5.36. The summed E-state index contributed by atoms with van der Waals surface area (Å²) in [6.45, 7) is 0.841. The molecule has 0 radical (unpaired) electrons. The maximum absolute atomic E-state index is 12.9. The van der Waals surface area contributed by atoms with Crippen LogP contribution in [0.1, 0.15) is 12.0 Å². The summed E-state index contributed by atoms with van der Waals surface area (Å²) in [5.41, 5.74) is 1.12. The van der Waals surface area contributed by atoms with Crippen LogP contribution in [0.4, 0.5) is 5.69 Å². The molecule has 2 aromatic rings. The summed E-state index contributed by atoms with van der Waals surface area (Å²) < 4.78 is 31.8. The summed E-state index contributed by atoms with van der Waals surface area (Å²) in [5.74, 6) is -1.53. The molecule has 11 heteroatoms. The number of aliphatic hydroxyl groups excluding tert-OH is 1. The lowest BCUT2D eigenvalue weighted by Gasteiger charge is -2.22. The molecule has 1 saturated heterocycles. The Morgan fingerprint density at radius 3 is 2.55 bits per heavy atom. The largest absolute Gasteiger partial charge is 0.454 e. The van der Waals surface area contributed by atoms with Gasteiger partial charge in [-0.05, 0) is 48.9 Å². The first kappa shape index (κ1) is 23.5. The van der Waals surface area contributed by atoms with E-state index in [2.05, 4.69) is 5.32 Å². The number of rotatable bonds is 6. The minimum atomic E-state index is -4.08. The van der Waals surface area contributed by atoms with Crippen LogP contribution in [-0.2, 0) is 24.3 Å². The molecule has 0 aromatic heterocycles. The minimum Gasteiger partial charge on any atom is -0.454 e. The fourth-order valence-corrected chi connectivity index (χ4v) is 5.10. The van der Waals surface area contributed by atoms with Gasteiger partial charge in [0.1, 0.15) is 6.04 Å². The second-order valence-corrected chi connectivity index (χ2v) is 9.74. The number of esters is 1. The van der Waals surface area contributed by atoms with E-state index in [0.29, 0.717) is 21.3 Å². The SMILES string of the molecule is Cc1c(Cl)cccc1NC(=O)COC(=O)[C@H]1C[C@@H](O)CN1S(=O)(=O)c1ccc(Cl)cc1. The van der Waals surface area contributed by atoms with Gasteiger partial charge in [-0.3, -0.25) is 9.59 Å². The number of hydrogen-bond donors (Lipinski definition) is 2. The van der Waals surface area contributed by atoms with Crippen LogP contribution in [0.15, 0.2) is 47.4 Å². The highest BCUT2D eigenvalue weighted by atomic mass is 35.5. The fraction of sp³-hybridized carbons (Fsp3) is 0.300. The zero-order chi connectivity index (χ0) is 22.8. The Morgan fingerprint density at radius 1 is 1.19 bits per heavy atom. The van der Waals surface area contributed by atoms with Gasteiger partial charge in [-0.2, -0.15) is 4.31 Å². The molecule has 1 fully saturated rings. The van der Waals surface area contributed by atoms with Crippen molar-refractivity contribution in [2.75, 3.05) is 18.5 Å². The third-order valence-corrected chi connectivity index (χ3v) is 7.36. The number of carbonyl (C=O) groups is 2. The second-order valence-electron chi connectivity index (χ2n) is 7.00. The molecular weight excluding hydrogens is 467 g/mol. The van der Waals surface area contributed by atoms with Crippen LogP contribution in [-0.4, -0.2) is 55.0 Å². The second kappa shape index (κ2) is 9.54. The molecule has 3 rings (SSSR count). The first-order chi connectivity index (χ1) is 14.6. The van der Waals surface area contributed by atoms with Crippen molar-refractivity contribution in [3.8, 4) is 0 Å². The van der Waals surface area contributed by atoms with E-state index in [1.807, 2.05) is 0 Å². The Labute approximate surface area is 189 Å². The van der Waals surface area contributed by atoms with E-state index in [1.165, 1.54) is 24.3 Å². The predicted molar refractivity (Wildman–Crippen MR) is 116 cm³/mol. The number of β-amino-alcohol motifs (C(OH)–C–C–N with tert-alkyl or cyclic N) is 1. The molecule has 0 unspecified atom stereocenters. The first-order valence-electron chi connectivity index (χ1n) is 9.26. The van der Waals surface area contributed by atoms with Crippen molar-refractivity contribution in [3.05, 3.63) is 58.1 Å². The minimum absolute atomic E-state index is 0.0713. The molecule has 1 aliphatic rings. The number of ether oxygens (including phenoxy) is 1. The van der Waals surface area contributed by atoms with Crippen LogP contribution in [0.2, 0.25) is 10.0 Å². The van der Waals surface area contributed by atoms with Crippen LogP contribution in [0, 0.1) is 6.92 Å². The van der Waals surface area contributed by atoms with Gasteiger partial charge in [-0.1, -0.05) is 29.3 Å². The van der Waals surface area contributed by atoms with Gasteiger partial charge in [-0.25, -0.2) is 8.42 Å². The van der Waals surface area contributed by atoms with Crippen molar-refractivity contribution < 1.29 is 27.9 Å². The normalized spacial score (nSPS) is 19.2. The highest BCUT2D eigenvalue weighted by Gasteiger charge is 2.44. The number of anilines is 1. The Morgan fingerprint density at radius 2 is 1.87 bits per heavy atom. The zero-order valence-corrected chi connectivity index (χ0v) is 18.7. The molecule has 0 aliphatic carbocycles. The Hall–Kier alpha value is -2.17. The maximum atomic E-state index is 12.9. The lowest BCUT2D eigenvalue weighted by molar-refractivity contribution is -0.150. The molecular formula is C20H20Cl2N2O6S. The van der Waals surface area contributed by atoms with Crippen molar-refractivity contribution in [2.45, 2.75) is 30.4 Å². The van der Waals surface area contributed by atoms with E-state index in [1.54, 1.807) is 25.1 Å². The van der Waals surface area contributed by atoms with Crippen molar-refractivity contribution in [1.29, 1.82) is 0 Å². The molecule has 2 aromatic carbocycles. The quantitative estimate of drug-likeness (QED) is 0.606. The topological polar surface area (TPSA) is 113 Å². The smallest absolute Gasteiger partial charge is 0.325 e. The Balaban J connectivity index is 1.67. The van der Waals surface area contributed by atoms with Gasteiger partial charge in [0.15, 0.2) is 6.61 Å². The van der Waals surface area contributed by atoms with E-state index in [-0.39, 0.29) is 17.9 Å². The number of amides is 1. The summed E-state index contributed by atoms with van der Waals surface area (Å²) >= 11 is 11.8. The van der Waals surface area contributed by atoms with E-state index < -0.39 is 40.7 Å². The molecule has 166 valence electrons. The number of carbonyl (C=O) groups excluding carboxylic acids is 2. The number of hydrogen-bond acceptors (Lipinski definition) is 6. The molecule has 1 heterocycles. The average molecular weight is 487 g/mol. The van der Waals surface area contributed by atoms with E-state index in [0.717, 1.165) is 4.31 Å². The summed E-state index contributed by atoms with van der Waals surface area (Å²) in [7, 11) is -4.08. The number of aliphatic hydroxyl groups is 1. The fourth-order valence-electron chi connectivity index (χ4n) is 3.17. The molecule has 1 aliphatic heterocycles. The monoisotopic (exact) mass is 486 g/mol. The van der Waals surface area contributed by atoms with Crippen LogP contribution < -0.4 is 5.32 Å². The molecule has 2 N–H and O–H groups in total. The molecule has 1 amide bonds. The predicted octanol–water partition coefficient (Wildman–Crippen LogP) is 2.61. The molecule has 31 heavy (non-hydrogen) atoms. The number of sulfonamides is 1. The Kier molecular flexibility index (Phi) is 7.23. The van der Waals surface area contributed by atoms with Gasteiger partial charge in [0, 0.05) is 28.7 Å². The number of benzene rings is 2. The average Bonchev–Trinajstić information content (AvgIpc) is 3.13.